The van der Waals surface area contributed by atoms with E-state index in [2.05, 4.69) is 106 Å². The molecule has 5 nitrogen and oxygen atoms in total. The largest absolute Gasteiger partial charge is 0.462 e. The summed E-state index contributed by atoms with van der Waals surface area (Å²) in [5.74, 6) is -0.436. The van der Waals surface area contributed by atoms with Crippen LogP contribution < -0.4 is 0 Å². The second-order valence-corrected chi connectivity index (χ2v) is 17.7. The Morgan fingerprint density at radius 3 is 1.19 bits per heavy atom. The lowest BCUT2D eigenvalue weighted by Crippen LogP contribution is -2.30. The minimum Gasteiger partial charge on any atom is -0.462 e. The van der Waals surface area contributed by atoms with Gasteiger partial charge >= 0.3 is 11.9 Å². The Morgan fingerprint density at radius 1 is 0.359 bits per heavy atom. The normalized spacial score (nSPS) is 12.9. The summed E-state index contributed by atoms with van der Waals surface area (Å²) < 4.78 is 17.4. The van der Waals surface area contributed by atoms with Crippen LogP contribution >= 0.6 is 0 Å². The van der Waals surface area contributed by atoms with Crippen LogP contribution in [0.5, 0.6) is 0 Å². The van der Waals surface area contributed by atoms with Gasteiger partial charge in [-0.25, -0.2) is 0 Å². The van der Waals surface area contributed by atoms with E-state index in [1.165, 1.54) is 116 Å². The first-order valence-corrected chi connectivity index (χ1v) is 27.1. The molecule has 0 aliphatic carbocycles. The van der Waals surface area contributed by atoms with Crippen LogP contribution in [0.4, 0.5) is 0 Å². The highest BCUT2D eigenvalue weighted by molar-refractivity contribution is 5.70. The van der Waals surface area contributed by atoms with Crippen LogP contribution in [0.3, 0.4) is 0 Å². The molecule has 1 atom stereocenters. The maximum atomic E-state index is 12.8. The Hall–Kier alpha value is -2.92. The number of carbonyl (C=O) groups excluding carboxylic acids is 2. The zero-order valence-corrected chi connectivity index (χ0v) is 42.3. The second kappa shape index (κ2) is 54.4. The second-order valence-electron chi connectivity index (χ2n) is 17.7. The van der Waals surface area contributed by atoms with Gasteiger partial charge in [0.2, 0.25) is 0 Å². The molecular formula is C59H102O5. The fraction of sp³-hybridized carbons (Fsp3) is 0.729. The zero-order valence-electron chi connectivity index (χ0n) is 42.3. The number of hydrogen-bond acceptors (Lipinski definition) is 5. The highest BCUT2D eigenvalue weighted by Crippen LogP contribution is 2.14. The highest BCUT2D eigenvalue weighted by atomic mass is 16.6. The summed E-state index contributed by atoms with van der Waals surface area (Å²) in [6.45, 7) is 7.62. The first kappa shape index (κ1) is 61.1. The van der Waals surface area contributed by atoms with Crippen molar-refractivity contribution in [2.75, 3.05) is 19.8 Å². The number of rotatable bonds is 49. The molecule has 1 unspecified atom stereocenters. The molecule has 368 valence electrons. The van der Waals surface area contributed by atoms with Crippen molar-refractivity contribution in [2.24, 2.45) is 0 Å². The SMILES string of the molecule is CC/C=C\C/C=C\C/C=C\C/C=C\CCCCCCC(=O)OCC(COCCCCCCCCCCCC/C=C\C/C=C\CCCCC)OC(=O)CCCCCCC/C=C\CCCC. The predicted molar refractivity (Wildman–Crippen MR) is 279 cm³/mol. The lowest BCUT2D eigenvalue weighted by molar-refractivity contribution is -0.163. The molecule has 0 radical (unpaired) electrons. The summed E-state index contributed by atoms with van der Waals surface area (Å²) in [6, 6.07) is 0. The van der Waals surface area contributed by atoms with Gasteiger partial charge in [-0.15, -0.1) is 0 Å². The maximum absolute atomic E-state index is 12.8. The van der Waals surface area contributed by atoms with E-state index in [1.54, 1.807) is 0 Å². The van der Waals surface area contributed by atoms with Crippen LogP contribution in [0.1, 0.15) is 252 Å². The quantitative estimate of drug-likeness (QED) is 0.0346. The fourth-order valence-corrected chi connectivity index (χ4v) is 7.34. The fourth-order valence-electron chi connectivity index (χ4n) is 7.34. The molecule has 0 N–H and O–H groups in total. The summed E-state index contributed by atoms with van der Waals surface area (Å²) in [7, 11) is 0. The van der Waals surface area contributed by atoms with E-state index in [4.69, 9.17) is 14.2 Å². The molecule has 64 heavy (non-hydrogen) atoms. The monoisotopic (exact) mass is 891 g/mol. The number of esters is 2. The van der Waals surface area contributed by atoms with Gasteiger partial charge in [0.15, 0.2) is 6.10 Å². The van der Waals surface area contributed by atoms with Crippen molar-refractivity contribution in [1.82, 2.24) is 0 Å². The lowest BCUT2D eigenvalue weighted by Gasteiger charge is -2.18. The van der Waals surface area contributed by atoms with E-state index in [0.29, 0.717) is 19.4 Å². The van der Waals surface area contributed by atoms with Gasteiger partial charge in [-0.1, -0.05) is 215 Å². The first-order chi connectivity index (χ1) is 31.6. The summed E-state index contributed by atoms with van der Waals surface area (Å²) in [4.78, 5) is 25.4. The van der Waals surface area contributed by atoms with Gasteiger partial charge in [-0.05, 0) is 109 Å². The van der Waals surface area contributed by atoms with Crippen LogP contribution in [0.2, 0.25) is 0 Å². The molecule has 0 heterocycles. The molecule has 0 fully saturated rings. The summed E-state index contributed by atoms with van der Waals surface area (Å²) in [5.41, 5.74) is 0. The topological polar surface area (TPSA) is 61.8 Å². The number of hydrogen-bond donors (Lipinski definition) is 0. The first-order valence-electron chi connectivity index (χ1n) is 27.1. The highest BCUT2D eigenvalue weighted by Gasteiger charge is 2.17. The van der Waals surface area contributed by atoms with Crippen molar-refractivity contribution in [3.8, 4) is 0 Å². The molecule has 0 rings (SSSR count). The third-order valence-electron chi connectivity index (χ3n) is 11.4. The van der Waals surface area contributed by atoms with Gasteiger partial charge in [0.1, 0.15) is 6.61 Å². The minimum absolute atomic E-state index is 0.0652. The Labute approximate surface area is 397 Å². The van der Waals surface area contributed by atoms with E-state index < -0.39 is 6.10 Å². The standard InChI is InChI=1S/C59H102O5/c1-4-7-10-13-16-19-22-24-26-28-29-30-32-34-36-39-42-45-48-51-54-62-55-57(64-59(61)53-50-47-44-41-37-21-18-15-12-9-6-3)56-63-58(60)52-49-46-43-40-38-35-33-31-27-25-23-20-17-14-11-8-5-2/h8,11,15-20,24-27,33,35,57H,4-7,9-10,12-14,21-23,28-32,34,36-56H2,1-3H3/b11-8-,18-15-,19-16-,20-17-,26-24-,27-25-,35-33-. The van der Waals surface area contributed by atoms with Crippen LogP contribution in [-0.4, -0.2) is 37.9 Å². The third-order valence-corrected chi connectivity index (χ3v) is 11.4. The van der Waals surface area contributed by atoms with Gasteiger partial charge in [0.25, 0.3) is 0 Å². The maximum Gasteiger partial charge on any atom is 0.306 e. The van der Waals surface area contributed by atoms with Crippen LogP contribution in [0.25, 0.3) is 0 Å². The smallest absolute Gasteiger partial charge is 0.306 e. The van der Waals surface area contributed by atoms with Gasteiger partial charge in [0, 0.05) is 19.4 Å². The molecule has 0 saturated heterocycles. The van der Waals surface area contributed by atoms with Crippen LogP contribution in [-0.2, 0) is 23.8 Å². The molecule has 0 aromatic rings. The van der Waals surface area contributed by atoms with Crippen molar-refractivity contribution in [2.45, 2.75) is 258 Å². The van der Waals surface area contributed by atoms with E-state index in [-0.39, 0.29) is 25.2 Å². The van der Waals surface area contributed by atoms with E-state index in [1.807, 2.05) is 0 Å². The predicted octanol–water partition coefficient (Wildman–Crippen LogP) is 18.5. The third kappa shape index (κ3) is 51.7. The Kier molecular flexibility index (Phi) is 51.9. The molecule has 0 aliphatic heterocycles. The summed E-state index contributed by atoms with van der Waals surface area (Å²) in [5, 5.41) is 0. The average Bonchev–Trinajstić information content (AvgIpc) is 3.30. The lowest BCUT2D eigenvalue weighted by atomic mass is 10.1. The molecule has 0 amide bonds. The van der Waals surface area contributed by atoms with Gasteiger partial charge in [-0.2, -0.15) is 0 Å². The molecular weight excluding hydrogens is 789 g/mol. The molecule has 0 aromatic carbocycles. The number of carbonyl (C=O) groups is 2. The Balaban J connectivity index is 4.26. The van der Waals surface area contributed by atoms with E-state index >= 15 is 0 Å². The van der Waals surface area contributed by atoms with Crippen molar-refractivity contribution >= 4 is 11.9 Å². The molecule has 0 aromatic heterocycles. The number of unbranched alkanes of at least 4 members (excludes halogenated alkanes) is 24. The van der Waals surface area contributed by atoms with Crippen molar-refractivity contribution in [1.29, 1.82) is 0 Å². The van der Waals surface area contributed by atoms with Crippen molar-refractivity contribution in [3.63, 3.8) is 0 Å². The molecule has 0 saturated carbocycles. The van der Waals surface area contributed by atoms with Crippen LogP contribution in [0.15, 0.2) is 85.1 Å². The minimum atomic E-state index is -0.555. The number of ether oxygens (including phenoxy) is 3. The van der Waals surface area contributed by atoms with Gasteiger partial charge in [-0.3, -0.25) is 9.59 Å². The Morgan fingerprint density at radius 2 is 0.719 bits per heavy atom. The average molecular weight is 891 g/mol. The molecule has 0 aliphatic rings. The number of allylic oxidation sites excluding steroid dienone is 14. The van der Waals surface area contributed by atoms with Crippen molar-refractivity contribution < 1.29 is 23.8 Å². The zero-order chi connectivity index (χ0) is 46.3. The van der Waals surface area contributed by atoms with Crippen molar-refractivity contribution in [3.05, 3.63) is 85.1 Å². The van der Waals surface area contributed by atoms with E-state index in [0.717, 1.165) is 103 Å². The summed E-state index contributed by atoms with van der Waals surface area (Å²) in [6.07, 6.45) is 71.7. The van der Waals surface area contributed by atoms with E-state index in [9.17, 15) is 9.59 Å². The van der Waals surface area contributed by atoms with Gasteiger partial charge in [0.05, 0.1) is 6.61 Å². The molecule has 0 spiro atoms. The molecule has 5 heteroatoms. The van der Waals surface area contributed by atoms with Crippen LogP contribution in [0, 0.1) is 0 Å². The van der Waals surface area contributed by atoms with Gasteiger partial charge < -0.3 is 14.2 Å². The molecule has 0 bridgehead atoms. The Bertz CT molecular complexity index is 1190. The summed E-state index contributed by atoms with van der Waals surface area (Å²) >= 11 is 0.